The van der Waals surface area contributed by atoms with E-state index >= 15 is 0 Å². The van der Waals surface area contributed by atoms with Crippen LogP contribution in [0.4, 0.5) is 5.13 Å². The minimum absolute atomic E-state index is 0.381. The lowest BCUT2D eigenvalue weighted by atomic mass is 10.3. The van der Waals surface area contributed by atoms with Gasteiger partial charge in [0.2, 0.25) is 5.13 Å². The van der Waals surface area contributed by atoms with Gasteiger partial charge in [0, 0.05) is 19.0 Å². The first-order valence-corrected chi connectivity index (χ1v) is 5.89. The van der Waals surface area contributed by atoms with Gasteiger partial charge in [-0.2, -0.15) is 5.26 Å². The number of nitriles is 1. The van der Waals surface area contributed by atoms with E-state index in [-0.39, 0.29) is 0 Å². The predicted octanol–water partition coefficient (Wildman–Crippen LogP) is 0.948. The SMILES string of the molecule is CC(C)N(CCC#N)Cc1nnc(NN)s1. The van der Waals surface area contributed by atoms with Gasteiger partial charge in [0.15, 0.2) is 0 Å². The van der Waals surface area contributed by atoms with Crippen LogP contribution in [0.3, 0.4) is 0 Å². The number of nitrogen functional groups attached to an aromatic ring is 1. The van der Waals surface area contributed by atoms with Crippen LogP contribution in [-0.4, -0.2) is 27.7 Å². The highest BCUT2D eigenvalue weighted by Crippen LogP contribution is 2.16. The van der Waals surface area contributed by atoms with E-state index in [2.05, 4.69) is 40.4 Å². The van der Waals surface area contributed by atoms with Gasteiger partial charge in [-0.05, 0) is 13.8 Å². The molecule has 0 saturated carbocycles. The van der Waals surface area contributed by atoms with Gasteiger partial charge >= 0.3 is 0 Å². The van der Waals surface area contributed by atoms with Crippen molar-refractivity contribution in [1.29, 1.82) is 5.26 Å². The van der Waals surface area contributed by atoms with Crippen LogP contribution >= 0.6 is 11.3 Å². The van der Waals surface area contributed by atoms with Crippen molar-refractivity contribution in [2.45, 2.75) is 32.9 Å². The maximum absolute atomic E-state index is 8.58. The molecule has 16 heavy (non-hydrogen) atoms. The number of nitrogens with two attached hydrogens (primary N) is 1. The third kappa shape index (κ3) is 3.73. The number of aromatic nitrogens is 2. The van der Waals surface area contributed by atoms with E-state index in [9.17, 15) is 0 Å². The number of nitrogens with one attached hydrogen (secondary N) is 1. The molecule has 0 aliphatic heterocycles. The Labute approximate surface area is 99.0 Å². The van der Waals surface area contributed by atoms with Crippen LogP contribution < -0.4 is 11.3 Å². The lowest BCUT2D eigenvalue weighted by Crippen LogP contribution is -2.31. The van der Waals surface area contributed by atoms with E-state index in [1.807, 2.05) is 0 Å². The molecule has 0 aliphatic rings. The average Bonchev–Trinajstić information content (AvgIpc) is 2.71. The number of rotatable bonds is 6. The minimum Gasteiger partial charge on any atom is -0.298 e. The average molecular weight is 240 g/mol. The van der Waals surface area contributed by atoms with Crippen LogP contribution in [0.5, 0.6) is 0 Å². The summed E-state index contributed by atoms with van der Waals surface area (Å²) in [5, 5.41) is 18.0. The van der Waals surface area contributed by atoms with Gasteiger partial charge in [0.1, 0.15) is 5.01 Å². The highest BCUT2D eigenvalue weighted by molar-refractivity contribution is 7.15. The van der Waals surface area contributed by atoms with Gasteiger partial charge in [-0.25, -0.2) is 5.84 Å². The highest BCUT2D eigenvalue weighted by Gasteiger charge is 2.12. The molecule has 0 amide bonds. The predicted molar refractivity (Wildman–Crippen MR) is 63.5 cm³/mol. The molecule has 0 fully saturated rings. The summed E-state index contributed by atoms with van der Waals surface area (Å²) in [6.45, 7) is 5.65. The highest BCUT2D eigenvalue weighted by atomic mass is 32.1. The molecule has 0 bridgehead atoms. The first kappa shape index (κ1) is 12.8. The van der Waals surface area contributed by atoms with Crippen molar-refractivity contribution >= 4 is 16.5 Å². The number of hydrogen-bond donors (Lipinski definition) is 2. The summed E-state index contributed by atoms with van der Waals surface area (Å²) in [6.07, 6.45) is 0.527. The van der Waals surface area contributed by atoms with E-state index < -0.39 is 0 Å². The van der Waals surface area contributed by atoms with E-state index in [1.165, 1.54) is 11.3 Å². The molecule has 88 valence electrons. The molecule has 0 aliphatic carbocycles. The summed E-state index contributed by atoms with van der Waals surface area (Å²) in [7, 11) is 0. The summed E-state index contributed by atoms with van der Waals surface area (Å²) in [5.74, 6) is 5.24. The molecule has 6 nitrogen and oxygen atoms in total. The van der Waals surface area contributed by atoms with E-state index in [0.717, 1.165) is 11.6 Å². The summed E-state index contributed by atoms with van der Waals surface area (Å²) in [5.41, 5.74) is 2.47. The molecule has 1 heterocycles. The number of nitrogens with zero attached hydrogens (tertiary/aromatic N) is 4. The largest absolute Gasteiger partial charge is 0.298 e. The molecule has 1 rings (SSSR count). The van der Waals surface area contributed by atoms with Gasteiger partial charge in [-0.1, -0.05) is 11.3 Å². The van der Waals surface area contributed by atoms with E-state index in [4.69, 9.17) is 11.1 Å². The van der Waals surface area contributed by atoms with E-state index in [0.29, 0.717) is 24.1 Å². The van der Waals surface area contributed by atoms with Crippen molar-refractivity contribution in [3.63, 3.8) is 0 Å². The Bertz CT molecular complexity index is 355. The molecular formula is C9H16N6S. The fraction of sp³-hybridized carbons (Fsp3) is 0.667. The number of hydrogen-bond acceptors (Lipinski definition) is 7. The molecule has 0 atom stereocenters. The summed E-state index contributed by atoms with van der Waals surface area (Å²) < 4.78 is 0. The Morgan fingerprint density at radius 1 is 1.56 bits per heavy atom. The first-order chi connectivity index (χ1) is 7.67. The van der Waals surface area contributed by atoms with Gasteiger partial charge in [-0.3, -0.25) is 10.3 Å². The normalized spacial score (nSPS) is 10.8. The molecule has 3 N–H and O–H groups in total. The molecule has 0 spiro atoms. The zero-order chi connectivity index (χ0) is 12.0. The molecular weight excluding hydrogens is 224 g/mol. The van der Waals surface area contributed by atoms with Crippen molar-refractivity contribution in [1.82, 2.24) is 15.1 Å². The zero-order valence-corrected chi connectivity index (χ0v) is 10.3. The Morgan fingerprint density at radius 2 is 2.31 bits per heavy atom. The second kappa shape index (κ2) is 6.37. The van der Waals surface area contributed by atoms with Gasteiger partial charge in [-0.15, -0.1) is 10.2 Å². The van der Waals surface area contributed by atoms with Crippen molar-refractivity contribution in [2.24, 2.45) is 5.84 Å². The Kier molecular flexibility index (Phi) is 5.11. The van der Waals surface area contributed by atoms with Crippen LogP contribution in [0.1, 0.15) is 25.3 Å². The molecule has 0 saturated heterocycles. The molecule has 0 radical (unpaired) electrons. The third-order valence-corrected chi connectivity index (χ3v) is 3.01. The number of anilines is 1. The van der Waals surface area contributed by atoms with Gasteiger partial charge in [0.05, 0.1) is 12.6 Å². The van der Waals surface area contributed by atoms with Crippen LogP contribution in [-0.2, 0) is 6.54 Å². The van der Waals surface area contributed by atoms with Crippen LogP contribution in [0.2, 0.25) is 0 Å². The molecule has 1 aromatic heterocycles. The second-order valence-corrected chi connectivity index (χ2v) is 4.68. The topological polar surface area (TPSA) is 90.9 Å². The fourth-order valence-electron chi connectivity index (χ4n) is 1.26. The van der Waals surface area contributed by atoms with E-state index in [1.54, 1.807) is 0 Å². The molecule has 0 aromatic carbocycles. The van der Waals surface area contributed by atoms with Crippen LogP contribution in [0, 0.1) is 11.3 Å². The van der Waals surface area contributed by atoms with Gasteiger partial charge < -0.3 is 0 Å². The number of hydrazine groups is 1. The minimum atomic E-state index is 0.381. The summed E-state index contributed by atoms with van der Waals surface area (Å²) >= 11 is 1.43. The summed E-state index contributed by atoms with van der Waals surface area (Å²) in [4.78, 5) is 2.18. The lowest BCUT2D eigenvalue weighted by Gasteiger charge is -2.23. The Balaban J connectivity index is 2.57. The van der Waals surface area contributed by atoms with Crippen molar-refractivity contribution in [3.05, 3.63) is 5.01 Å². The van der Waals surface area contributed by atoms with Crippen molar-refractivity contribution in [2.75, 3.05) is 12.0 Å². The van der Waals surface area contributed by atoms with Gasteiger partial charge in [0.25, 0.3) is 0 Å². The quantitative estimate of drug-likeness (QED) is 0.568. The molecule has 0 unspecified atom stereocenters. The smallest absolute Gasteiger partial charge is 0.219 e. The monoisotopic (exact) mass is 240 g/mol. The Morgan fingerprint density at radius 3 is 2.81 bits per heavy atom. The molecule has 1 aromatic rings. The maximum atomic E-state index is 8.58. The fourth-order valence-corrected chi connectivity index (χ4v) is 1.94. The third-order valence-electron chi connectivity index (χ3n) is 2.17. The van der Waals surface area contributed by atoms with Crippen LogP contribution in [0.25, 0.3) is 0 Å². The van der Waals surface area contributed by atoms with Crippen LogP contribution in [0.15, 0.2) is 0 Å². The van der Waals surface area contributed by atoms with Crippen molar-refractivity contribution < 1.29 is 0 Å². The van der Waals surface area contributed by atoms with Crippen molar-refractivity contribution in [3.8, 4) is 6.07 Å². The zero-order valence-electron chi connectivity index (χ0n) is 9.47. The molecule has 7 heteroatoms. The maximum Gasteiger partial charge on any atom is 0.219 e. The summed E-state index contributed by atoms with van der Waals surface area (Å²) in [6, 6.07) is 2.53. The Hall–Kier alpha value is -1.23. The second-order valence-electron chi connectivity index (χ2n) is 3.62. The first-order valence-electron chi connectivity index (χ1n) is 5.07. The standard InChI is InChI=1S/C9H16N6S/c1-7(2)15(5-3-4-10)6-8-13-14-9(12-11)16-8/h7H,3,5-6,11H2,1-2H3,(H,12,14). The lowest BCUT2D eigenvalue weighted by molar-refractivity contribution is 0.217.